The van der Waals surface area contributed by atoms with Crippen LogP contribution < -0.4 is 25.4 Å². The molecule has 3 fully saturated rings. The number of carbonyl (C=O) groups is 2. The first-order valence-electron chi connectivity index (χ1n) is 10.2. The molecule has 2 bridgehead atoms. The second kappa shape index (κ2) is 7.71. The molecular weight excluding hydrogens is 460 g/mol. The summed E-state index contributed by atoms with van der Waals surface area (Å²) in [6.45, 7) is 0.118. The molecule has 3 aliphatic carbocycles. The molecule has 0 radical (unpaired) electrons. The van der Waals surface area contributed by atoms with Crippen LogP contribution in [0.3, 0.4) is 0 Å². The minimum absolute atomic E-state index is 0.00831. The second-order valence-electron chi connectivity index (χ2n) is 8.62. The molecule has 1 aliphatic heterocycles. The van der Waals surface area contributed by atoms with Crippen molar-refractivity contribution in [3.8, 4) is 11.5 Å². The van der Waals surface area contributed by atoms with Crippen molar-refractivity contribution in [1.29, 1.82) is 0 Å². The largest absolute Gasteiger partial charge is 0.484 e. The normalized spacial score (nSPS) is 26.9. The molecule has 0 saturated heterocycles. The second-order valence-corrected chi connectivity index (χ2v) is 9.46. The molecule has 2 amide bonds. The van der Waals surface area contributed by atoms with Gasteiger partial charge in [0.2, 0.25) is 0 Å². The monoisotopic (exact) mass is 479 g/mol. The highest BCUT2D eigenvalue weighted by molar-refractivity contribution is 6.31. The van der Waals surface area contributed by atoms with Gasteiger partial charge < -0.3 is 25.4 Å². The van der Waals surface area contributed by atoms with Crippen molar-refractivity contribution in [1.82, 2.24) is 10.6 Å². The van der Waals surface area contributed by atoms with E-state index in [1.54, 1.807) is 18.2 Å². The summed E-state index contributed by atoms with van der Waals surface area (Å²) in [7, 11) is 0. The number of halogens is 3. The number of benzene rings is 2. The van der Waals surface area contributed by atoms with E-state index in [2.05, 4.69) is 16.0 Å². The average molecular weight is 480 g/mol. The van der Waals surface area contributed by atoms with Crippen LogP contribution in [0.15, 0.2) is 36.4 Å². The first-order valence-corrected chi connectivity index (χ1v) is 10.9. The van der Waals surface area contributed by atoms with Crippen molar-refractivity contribution in [2.24, 2.45) is 0 Å². The lowest BCUT2D eigenvalue weighted by Crippen LogP contribution is -2.84. The van der Waals surface area contributed by atoms with E-state index in [1.165, 1.54) is 12.1 Å². The van der Waals surface area contributed by atoms with E-state index in [0.29, 0.717) is 36.6 Å². The lowest BCUT2D eigenvalue weighted by molar-refractivity contribution is -0.153. The summed E-state index contributed by atoms with van der Waals surface area (Å²) in [4.78, 5) is 24.9. The smallest absolute Gasteiger partial charge is 0.263 e. The van der Waals surface area contributed by atoms with Crippen molar-refractivity contribution >= 4 is 40.7 Å². The Hall–Kier alpha value is -2.71. The molecule has 32 heavy (non-hydrogen) atoms. The first kappa shape index (κ1) is 21.2. The molecule has 1 atom stereocenters. The number of nitrogens with one attached hydrogen (secondary N) is 3. The molecule has 2 aromatic rings. The number of hydrogen-bond acceptors (Lipinski definition) is 5. The van der Waals surface area contributed by atoms with Gasteiger partial charge in [-0.25, -0.2) is 4.39 Å². The standard InChI is InChI=1S/C22H20Cl2FN3O4/c23-12-1-4-17-16(5-12)26-7-18(32-17)20(30)28-22-9-21(10-22,11-22)27-19(29)8-31-13-2-3-14(24)15(25)6-13/h1-6,18,26H,7-11H2,(H,27,29)(H,28,30). The number of amides is 2. The van der Waals surface area contributed by atoms with Crippen LogP contribution in [-0.4, -0.2) is 42.1 Å². The van der Waals surface area contributed by atoms with Gasteiger partial charge in [0.05, 0.1) is 17.3 Å². The van der Waals surface area contributed by atoms with E-state index >= 15 is 0 Å². The predicted octanol–water partition coefficient (Wildman–Crippen LogP) is 3.29. The van der Waals surface area contributed by atoms with E-state index in [0.717, 1.165) is 11.8 Å². The molecular formula is C22H20Cl2FN3O4. The van der Waals surface area contributed by atoms with Crippen molar-refractivity contribution in [2.75, 3.05) is 18.5 Å². The fraction of sp³-hybridized carbons (Fsp3) is 0.364. The van der Waals surface area contributed by atoms with Crippen molar-refractivity contribution in [3.63, 3.8) is 0 Å². The third kappa shape index (κ3) is 3.93. The average Bonchev–Trinajstić information content (AvgIpc) is 2.71. The first-order chi connectivity index (χ1) is 15.2. The number of carbonyl (C=O) groups excluding carboxylic acids is 2. The maximum atomic E-state index is 13.4. The number of hydrogen-bond donors (Lipinski definition) is 3. The van der Waals surface area contributed by atoms with Crippen molar-refractivity contribution in [3.05, 3.63) is 52.3 Å². The Balaban J connectivity index is 1.08. The van der Waals surface area contributed by atoms with Gasteiger partial charge in [-0.15, -0.1) is 0 Å². The molecule has 3 N–H and O–H groups in total. The van der Waals surface area contributed by atoms with E-state index in [9.17, 15) is 14.0 Å². The zero-order chi connectivity index (χ0) is 22.5. The Morgan fingerprint density at radius 2 is 1.88 bits per heavy atom. The molecule has 3 saturated carbocycles. The molecule has 2 aromatic carbocycles. The van der Waals surface area contributed by atoms with Crippen molar-refractivity contribution < 1.29 is 23.5 Å². The molecule has 0 aromatic heterocycles. The van der Waals surface area contributed by atoms with Gasteiger partial charge in [0.15, 0.2) is 12.7 Å². The fourth-order valence-corrected chi connectivity index (χ4v) is 5.02. The summed E-state index contributed by atoms with van der Waals surface area (Å²) in [6.07, 6.45) is 1.31. The van der Waals surface area contributed by atoms with Crippen LogP contribution in [0.25, 0.3) is 0 Å². The van der Waals surface area contributed by atoms with E-state index in [1.807, 2.05) is 0 Å². The quantitative estimate of drug-likeness (QED) is 0.591. The van der Waals surface area contributed by atoms with Gasteiger partial charge in [0, 0.05) is 22.2 Å². The lowest BCUT2D eigenvalue weighted by atomic mass is 9.44. The molecule has 168 valence electrons. The van der Waals surface area contributed by atoms with E-state index in [4.69, 9.17) is 32.7 Å². The Kier molecular flexibility index (Phi) is 5.09. The summed E-state index contributed by atoms with van der Waals surface area (Å²) in [5.41, 5.74) is 0.125. The number of anilines is 1. The van der Waals surface area contributed by atoms with Gasteiger partial charge in [0.25, 0.3) is 11.8 Å². The molecule has 0 spiro atoms. The topological polar surface area (TPSA) is 88.7 Å². The van der Waals surface area contributed by atoms with Crippen LogP contribution in [0, 0.1) is 5.82 Å². The zero-order valence-corrected chi connectivity index (χ0v) is 18.4. The Morgan fingerprint density at radius 1 is 1.12 bits per heavy atom. The van der Waals surface area contributed by atoms with Crippen LogP contribution in [0.1, 0.15) is 19.3 Å². The van der Waals surface area contributed by atoms with Gasteiger partial charge in [-0.3, -0.25) is 9.59 Å². The molecule has 10 heteroatoms. The minimum atomic E-state index is -0.642. The van der Waals surface area contributed by atoms with Gasteiger partial charge >= 0.3 is 0 Å². The Labute approximate surface area is 193 Å². The Bertz CT molecular complexity index is 1090. The van der Waals surface area contributed by atoms with Crippen LogP contribution >= 0.6 is 23.2 Å². The number of fused-ring (bicyclic) bond motifs is 1. The lowest BCUT2D eigenvalue weighted by Gasteiger charge is -2.70. The van der Waals surface area contributed by atoms with Gasteiger partial charge in [-0.05, 0) is 49.6 Å². The molecule has 4 aliphatic rings. The fourth-order valence-electron chi connectivity index (χ4n) is 4.73. The maximum absolute atomic E-state index is 13.4. The van der Waals surface area contributed by atoms with Crippen LogP contribution in [0.2, 0.25) is 10.0 Å². The van der Waals surface area contributed by atoms with Crippen LogP contribution in [0.4, 0.5) is 10.1 Å². The highest BCUT2D eigenvalue weighted by Crippen LogP contribution is 2.60. The highest BCUT2D eigenvalue weighted by Gasteiger charge is 2.69. The molecule has 1 heterocycles. The summed E-state index contributed by atoms with van der Waals surface area (Å²) in [5.74, 6) is -0.275. The molecule has 6 rings (SSSR count). The minimum Gasteiger partial charge on any atom is -0.484 e. The van der Waals surface area contributed by atoms with Gasteiger partial charge in [-0.2, -0.15) is 0 Å². The summed E-state index contributed by atoms with van der Waals surface area (Å²) < 4.78 is 24.6. The maximum Gasteiger partial charge on any atom is 0.263 e. The summed E-state index contributed by atoms with van der Waals surface area (Å²) >= 11 is 11.6. The van der Waals surface area contributed by atoms with Gasteiger partial charge in [-0.1, -0.05) is 23.2 Å². The number of ether oxygens (including phenoxy) is 2. The highest BCUT2D eigenvalue weighted by atomic mass is 35.5. The third-order valence-electron chi connectivity index (χ3n) is 6.07. The summed E-state index contributed by atoms with van der Waals surface area (Å²) in [5, 5.41) is 9.78. The van der Waals surface area contributed by atoms with Crippen LogP contribution in [-0.2, 0) is 9.59 Å². The van der Waals surface area contributed by atoms with E-state index in [-0.39, 0.29) is 40.3 Å². The van der Waals surface area contributed by atoms with E-state index < -0.39 is 11.9 Å². The molecule has 7 nitrogen and oxygen atoms in total. The number of rotatable bonds is 6. The van der Waals surface area contributed by atoms with Crippen molar-refractivity contribution in [2.45, 2.75) is 36.4 Å². The molecule has 1 unspecified atom stereocenters. The SMILES string of the molecule is O=C(COc1ccc(Cl)c(F)c1)NC12CC(NC(=O)C3CNc4cc(Cl)ccc4O3)(C1)C2. The van der Waals surface area contributed by atoms with Gasteiger partial charge in [0.1, 0.15) is 17.3 Å². The van der Waals surface area contributed by atoms with Crippen LogP contribution in [0.5, 0.6) is 11.5 Å². The zero-order valence-electron chi connectivity index (χ0n) is 16.8. The Morgan fingerprint density at radius 3 is 2.62 bits per heavy atom. The third-order valence-corrected chi connectivity index (χ3v) is 6.61. The summed E-state index contributed by atoms with van der Waals surface area (Å²) in [6, 6.07) is 9.21. The predicted molar refractivity (Wildman–Crippen MR) is 117 cm³/mol.